The van der Waals surface area contributed by atoms with Crippen molar-refractivity contribution in [2.24, 2.45) is 5.90 Å². The van der Waals surface area contributed by atoms with E-state index in [0.29, 0.717) is 11.3 Å². The van der Waals surface area contributed by atoms with Gasteiger partial charge in [0.25, 0.3) is 5.91 Å². The van der Waals surface area contributed by atoms with Crippen molar-refractivity contribution in [2.45, 2.75) is 58.8 Å². The van der Waals surface area contributed by atoms with Crippen molar-refractivity contribution in [3.05, 3.63) is 97.7 Å². The van der Waals surface area contributed by atoms with E-state index < -0.39 is 11.1 Å². The van der Waals surface area contributed by atoms with Crippen molar-refractivity contribution in [1.29, 1.82) is 0 Å². The van der Waals surface area contributed by atoms with Gasteiger partial charge in [0.1, 0.15) is 0 Å². The minimum atomic E-state index is -1.93. The highest BCUT2D eigenvalue weighted by molar-refractivity contribution is 9.11. The molecule has 0 aliphatic rings. The molecule has 0 fully saturated rings. The molecule has 39 heavy (non-hydrogen) atoms. The molecule has 2 unspecified atom stereocenters. The molecule has 6 nitrogen and oxygen atoms in total. The summed E-state index contributed by atoms with van der Waals surface area (Å²) < 4.78 is 20.7. The van der Waals surface area contributed by atoms with Crippen LogP contribution in [0.4, 0.5) is 0 Å². The zero-order valence-electron chi connectivity index (χ0n) is 23.2. The van der Waals surface area contributed by atoms with Crippen LogP contribution in [-0.2, 0) is 27.8 Å². The Balaban J connectivity index is 0.00000260. The summed E-state index contributed by atoms with van der Waals surface area (Å²) in [5.74, 6) is 6.16. The first-order chi connectivity index (χ1) is 18.6. The molecule has 0 spiro atoms. The number of halogens is 1. The Bertz CT molecular complexity index is 1230. The van der Waals surface area contributed by atoms with Crippen LogP contribution in [0.5, 0.6) is 0 Å². The topological polar surface area (TPSA) is 102 Å². The molecule has 212 valence electrons. The summed E-state index contributed by atoms with van der Waals surface area (Å²) in [6.45, 7) is 10.8. The van der Waals surface area contributed by atoms with Gasteiger partial charge in [-0.25, -0.2) is 4.21 Å². The third-order valence-electron chi connectivity index (χ3n) is 6.04. The second-order valence-corrected chi connectivity index (χ2v) is 13.3. The van der Waals surface area contributed by atoms with E-state index in [4.69, 9.17) is 15.3 Å². The molecular weight excluding hydrogens is 596 g/mol. The third kappa shape index (κ3) is 10.7. The Morgan fingerprint density at radius 3 is 2.26 bits per heavy atom. The van der Waals surface area contributed by atoms with Gasteiger partial charge >= 0.3 is 0 Å². The fourth-order valence-electron chi connectivity index (χ4n) is 3.93. The number of thiophene rings is 1. The molecule has 0 bridgehead atoms. The molecule has 9 heteroatoms. The summed E-state index contributed by atoms with van der Waals surface area (Å²) in [4.78, 5) is 18.5. The Morgan fingerprint density at radius 2 is 1.74 bits per heavy atom. The largest absolute Gasteiger partial charge is 0.410 e. The highest BCUT2D eigenvalue weighted by Gasteiger charge is 2.17. The lowest BCUT2D eigenvalue weighted by Crippen LogP contribution is -2.27. The van der Waals surface area contributed by atoms with E-state index in [-0.39, 0.29) is 29.5 Å². The van der Waals surface area contributed by atoms with Gasteiger partial charge in [-0.1, -0.05) is 71.0 Å². The number of hydrogen-bond donors (Lipinski definition) is 3. The second-order valence-electron chi connectivity index (χ2n) is 9.78. The molecule has 0 radical (unpaired) electrons. The first kappa shape index (κ1) is 32.9. The number of benzene rings is 2. The zero-order chi connectivity index (χ0) is 29.0. The molecule has 3 aromatic rings. The molecule has 1 heterocycles. The molecule has 0 aliphatic carbocycles. The Labute approximate surface area is 247 Å². The summed E-state index contributed by atoms with van der Waals surface area (Å²) in [5, 5.41) is 2.66. The fraction of sp³-hybridized carbons (Fsp3) is 0.367. The van der Waals surface area contributed by atoms with Gasteiger partial charge in [-0.05, 0) is 87.1 Å². The fourth-order valence-corrected chi connectivity index (χ4v) is 5.57. The van der Waals surface area contributed by atoms with Crippen LogP contribution in [0.3, 0.4) is 0 Å². The summed E-state index contributed by atoms with van der Waals surface area (Å²) >= 11 is 3.12. The van der Waals surface area contributed by atoms with E-state index in [1.54, 1.807) is 23.5 Å². The zero-order valence-corrected chi connectivity index (χ0v) is 26.4. The van der Waals surface area contributed by atoms with Crippen LogP contribution in [0.2, 0.25) is 0 Å². The lowest BCUT2D eigenvalue weighted by molar-refractivity contribution is 0.0956. The molecule has 2 aromatic carbocycles. The van der Waals surface area contributed by atoms with Crippen molar-refractivity contribution >= 4 is 50.0 Å². The Kier molecular flexibility index (Phi) is 13.6. The average molecular weight is 636 g/mol. The van der Waals surface area contributed by atoms with E-state index in [2.05, 4.69) is 66.3 Å². The van der Waals surface area contributed by atoms with Crippen molar-refractivity contribution in [3.63, 3.8) is 0 Å². The van der Waals surface area contributed by atoms with Crippen LogP contribution in [0.25, 0.3) is 5.76 Å². The minimum absolute atomic E-state index is 0.00392. The van der Waals surface area contributed by atoms with Gasteiger partial charge < -0.3 is 14.7 Å². The number of nitrogens with one attached hydrogen (secondary N) is 1. The Hall–Kier alpha value is -2.30. The SMILES string of the molecule is CC.CC(C)(C)c1ccc(C(C/C=C(\ON)c2ccc(Br)s2)Cc2ccc(C(=O)NCCS(=O)O)cc2)cc1. The maximum Gasteiger partial charge on any atom is 0.251 e. The van der Waals surface area contributed by atoms with Crippen LogP contribution in [0.1, 0.15) is 78.9 Å². The van der Waals surface area contributed by atoms with Crippen LogP contribution >= 0.6 is 27.3 Å². The third-order valence-corrected chi connectivity index (χ3v) is 8.23. The van der Waals surface area contributed by atoms with Crippen LogP contribution in [-0.4, -0.2) is 27.0 Å². The van der Waals surface area contributed by atoms with Crippen molar-refractivity contribution in [2.75, 3.05) is 12.3 Å². The second kappa shape index (κ2) is 16.1. The van der Waals surface area contributed by atoms with Gasteiger partial charge in [-0.2, -0.15) is 5.90 Å². The van der Waals surface area contributed by atoms with E-state index in [1.165, 1.54) is 11.1 Å². The number of rotatable bonds is 11. The van der Waals surface area contributed by atoms with Crippen molar-refractivity contribution in [3.8, 4) is 0 Å². The molecule has 2 atom stereocenters. The Morgan fingerprint density at radius 1 is 1.10 bits per heavy atom. The van der Waals surface area contributed by atoms with E-state index in [9.17, 15) is 9.00 Å². The van der Waals surface area contributed by atoms with Crippen molar-refractivity contribution in [1.82, 2.24) is 5.32 Å². The van der Waals surface area contributed by atoms with Crippen LogP contribution < -0.4 is 11.2 Å². The quantitative estimate of drug-likeness (QED) is 0.116. The highest BCUT2D eigenvalue weighted by Crippen LogP contribution is 2.32. The number of nitrogens with two attached hydrogens (primary N) is 1. The molecule has 0 saturated heterocycles. The molecule has 0 saturated carbocycles. The summed E-state index contributed by atoms with van der Waals surface area (Å²) in [5.41, 5.74) is 4.18. The van der Waals surface area contributed by atoms with E-state index in [0.717, 1.165) is 27.1 Å². The number of amides is 1. The maximum absolute atomic E-state index is 12.3. The lowest BCUT2D eigenvalue weighted by atomic mass is 9.83. The predicted molar refractivity (Wildman–Crippen MR) is 167 cm³/mol. The van der Waals surface area contributed by atoms with Crippen LogP contribution in [0, 0.1) is 0 Å². The summed E-state index contributed by atoms with van der Waals surface area (Å²) in [6, 6.07) is 20.2. The first-order valence-electron chi connectivity index (χ1n) is 12.9. The number of carbonyl (C=O) groups is 1. The molecule has 4 N–H and O–H groups in total. The predicted octanol–water partition coefficient (Wildman–Crippen LogP) is 7.43. The van der Waals surface area contributed by atoms with Crippen molar-refractivity contribution < 1.29 is 18.4 Å². The maximum atomic E-state index is 12.3. The highest BCUT2D eigenvalue weighted by atomic mass is 79.9. The standard InChI is InChI=1S/C28H33BrN2O4S2.C2H6/c1-28(2,3)23-11-8-20(9-12-23)22(10-13-24(35-30)25-14-15-26(29)36-25)18-19-4-6-21(7-5-19)27(32)31-16-17-37(33)34;1-2/h4-9,11-15,22H,10,16-18,30H2,1-3H3,(H,31,32)(H,33,34);1-2H3/b24-13-;. The molecule has 3 rings (SSSR count). The average Bonchev–Trinajstić information content (AvgIpc) is 3.35. The van der Waals surface area contributed by atoms with Gasteiger partial charge in [0.05, 0.1) is 14.4 Å². The lowest BCUT2D eigenvalue weighted by Gasteiger charge is -2.21. The van der Waals surface area contributed by atoms with Crippen LogP contribution in [0.15, 0.2) is 70.5 Å². The number of hydrogen-bond acceptors (Lipinski definition) is 5. The minimum Gasteiger partial charge on any atom is -0.410 e. The van der Waals surface area contributed by atoms with Gasteiger partial charge in [0.15, 0.2) is 16.8 Å². The first-order valence-corrected chi connectivity index (χ1v) is 15.8. The molecule has 1 amide bonds. The van der Waals surface area contributed by atoms with Gasteiger partial charge in [0.2, 0.25) is 0 Å². The molecular formula is C30H39BrN2O4S2. The summed E-state index contributed by atoms with van der Waals surface area (Å²) in [7, 11) is 0. The molecule has 0 aliphatic heterocycles. The van der Waals surface area contributed by atoms with Gasteiger partial charge in [-0.15, -0.1) is 11.3 Å². The van der Waals surface area contributed by atoms with E-state index >= 15 is 0 Å². The smallest absolute Gasteiger partial charge is 0.251 e. The van der Waals surface area contributed by atoms with Gasteiger partial charge in [-0.3, -0.25) is 4.79 Å². The normalized spacial score (nSPS) is 13.2. The molecule has 1 aromatic heterocycles. The van der Waals surface area contributed by atoms with E-state index in [1.807, 2.05) is 44.2 Å². The number of allylic oxidation sites excluding steroid dienone is 1. The monoisotopic (exact) mass is 634 g/mol. The van der Waals surface area contributed by atoms with Gasteiger partial charge in [0, 0.05) is 12.1 Å². The summed E-state index contributed by atoms with van der Waals surface area (Å²) in [6.07, 6.45) is 3.52. The number of carbonyl (C=O) groups excluding carboxylic acids is 1.